The summed E-state index contributed by atoms with van der Waals surface area (Å²) in [6.07, 6.45) is 0. The summed E-state index contributed by atoms with van der Waals surface area (Å²) in [4.78, 5) is 0. The minimum Gasteiger partial charge on any atom is -0.356 e. The largest absolute Gasteiger partial charge is 0.356 e. The molecule has 0 atom stereocenters. The molecule has 248 valence electrons. The van der Waals surface area contributed by atoms with Gasteiger partial charge in [-0.2, -0.15) is 0 Å². The molecule has 0 spiro atoms. The van der Waals surface area contributed by atoms with Gasteiger partial charge in [-0.05, 0) is 72.8 Å². The number of ether oxygens (including phenoxy) is 4. The van der Waals surface area contributed by atoms with Crippen LogP contribution in [-0.2, 0) is 18.9 Å². The molecule has 4 aromatic carbocycles. The Kier molecular flexibility index (Phi) is 15.5. The van der Waals surface area contributed by atoms with Crippen LogP contribution in [0.5, 0.6) is 0 Å². The van der Waals surface area contributed by atoms with Crippen LogP contribution in [0.3, 0.4) is 0 Å². The van der Waals surface area contributed by atoms with Gasteiger partial charge in [0.1, 0.15) is 52.9 Å². The maximum atomic E-state index is 5.58. The Bertz CT molecular complexity index is 1890. The average molecular weight is 673 g/mol. The molecule has 0 unspecified atom stereocenters. The summed E-state index contributed by atoms with van der Waals surface area (Å²) in [5.74, 6) is 49.1. The van der Waals surface area contributed by atoms with E-state index in [1.54, 1.807) is 0 Å². The Morgan fingerprint density at radius 1 is 0.250 bits per heavy atom. The predicted molar refractivity (Wildman–Crippen MR) is 204 cm³/mol. The maximum absolute atomic E-state index is 5.58. The molecule has 4 aromatic rings. The third kappa shape index (κ3) is 14.4. The summed E-state index contributed by atoms with van der Waals surface area (Å²) in [7, 11) is 0. The predicted octanol–water partition coefficient (Wildman–Crippen LogP) is 5.68. The molecule has 0 aliphatic carbocycles. The fraction of sp³-hybridized carbons (Fsp3) is 0.167. The fourth-order valence-corrected chi connectivity index (χ4v) is 4.42. The Labute approximate surface area is 307 Å². The second kappa shape index (κ2) is 22.0. The monoisotopic (exact) mass is 672 g/mol. The second-order valence-electron chi connectivity index (χ2n) is 10.7. The first-order valence-electron chi connectivity index (χ1n) is 16.4. The lowest BCUT2D eigenvalue weighted by atomic mass is 10.1. The summed E-state index contributed by atoms with van der Waals surface area (Å²) >= 11 is 0. The topological polar surface area (TPSA) is 36.9 Å². The first kappa shape index (κ1) is 36.5. The van der Waals surface area contributed by atoms with Crippen molar-refractivity contribution in [3.63, 3.8) is 0 Å². The van der Waals surface area contributed by atoms with E-state index in [4.69, 9.17) is 18.9 Å². The molecule has 52 heavy (non-hydrogen) atoms. The normalized spacial score (nSPS) is 13.2. The molecule has 1 heterocycles. The van der Waals surface area contributed by atoms with Crippen molar-refractivity contribution in [3.05, 3.63) is 142 Å². The van der Waals surface area contributed by atoms with Gasteiger partial charge in [0.2, 0.25) is 0 Å². The van der Waals surface area contributed by atoms with Gasteiger partial charge in [0.25, 0.3) is 0 Å². The molecule has 8 bridgehead atoms. The third-order valence-electron chi connectivity index (χ3n) is 6.71. The molecule has 0 N–H and O–H groups in total. The molecule has 0 fully saturated rings. The molecular formula is C48H32O4. The van der Waals surface area contributed by atoms with Crippen LogP contribution in [0.2, 0.25) is 0 Å². The van der Waals surface area contributed by atoms with Crippen LogP contribution in [0.1, 0.15) is 44.5 Å². The molecule has 1 aliphatic heterocycles. The second-order valence-corrected chi connectivity index (χ2v) is 10.7. The van der Waals surface area contributed by atoms with Crippen LogP contribution < -0.4 is 0 Å². The number of hydrogen-bond donors (Lipinski definition) is 0. The Balaban J connectivity index is 1.21. The molecule has 0 saturated heterocycles. The number of fused-ring (bicyclic) bond motifs is 8. The molecule has 4 nitrogen and oxygen atoms in total. The van der Waals surface area contributed by atoms with Crippen molar-refractivity contribution in [3.8, 4) is 94.7 Å². The van der Waals surface area contributed by atoms with Gasteiger partial charge < -0.3 is 18.9 Å². The molecule has 0 saturated carbocycles. The average Bonchev–Trinajstić information content (AvgIpc) is 3.17. The first-order chi connectivity index (χ1) is 25.8. The summed E-state index contributed by atoms with van der Waals surface area (Å²) in [6, 6.07) is 30.9. The van der Waals surface area contributed by atoms with E-state index in [0.717, 1.165) is 44.5 Å². The summed E-state index contributed by atoms with van der Waals surface area (Å²) < 4.78 is 22.3. The zero-order valence-electron chi connectivity index (χ0n) is 28.5. The molecule has 5 rings (SSSR count). The van der Waals surface area contributed by atoms with Gasteiger partial charge in [-0.25, -0.2) is 0 Å². The molecular weight excluding hydrogens is 641 g/mol. The number of rotatable bonds is 0. The molecule has 1 aliphatic rings. The van der Waals surface area contributed by atoms with E-state index in [2.05, 4.69) is 94.7 Å². The minimum atomic E-state index is 0.267. The van der Waals surface area contributed by atoms with Crippen LogP contribution in [0.4, 0.5) is 0 Å². The van der Waals surface area contributed by atoms with Gasteiger partial charge >= 0.3 is 0 Å². The highest BCUT2D eigenvalue weighted by Gasteiger charge is 1.94. The van der Waals surface area contributed by atoms with E-state index < -0.39 is 0 Å². The lowest BCUT2D eigenvalue weighted by molar-refractivity contribution is 0.204. The van der Waals surface area contributed by atoms with Crippen molar-refractivity contribution in [2.45, 2.75) is 0 Å². The fourth-order valence-electron chi connectivity index (χ4n) is 4.42. The quantitative estimate of drug-likeness (QED) is 0.226. The van der Waals surface area contributed by atoms with E-state index >= 15 is 0 Å². The number of benzene rings is 4. The standard InChI is InChI=1S/C48H32O4/c1-13-41-21-5-29-49-31-7-23-43-15-2-17-45(38-43)25-9-33-51-35-11-27-47-19-4-20-48(40-47)28-12-36-52-34-10-26-46-18-3-16-44(39-46)24-8-32-50-30-6-22-42(14-1)37-41/h1-4,13-20,37-40H,29-36H2. The Morgan fingerprint density at radius 3 is 0.558 bits per heavy atom. The first-order valence-corrected chi connectivity index (χ1v) is 16.4. The Morgan fingerprint density at radius 2 is 0.404 bits per heavy atom. The molecule has 0 aromatic heterocycles. The van der Waals surface area contributed by atoms with Gasteiger partial charge in [0, 0.05) is 44.5 Å². The maximum Gasteiger partial charge on any atom is 0.109 e. The van der Waals surface area contributed by atoms with Crippen LogP contribution >= 0.6 is 0 Å². The van der Waals surface area contributed by atoms with E-state index in [0.29, 0.717) is 0 Å². The van der Waals surface area contributed by atoms with Crippen molar-refractivity contribution in [2.24, 2.45) is 0 Å². The highest BCUT2D eigenvalue weighted by molar-refractivity contribution is 5.47. The van der Waals surface area contributed by atoms with Crippen molar-refractivity contribution in [2.75, 3.05) is 52.9 Å². The van der Waals surface area contributed by atoms with Gasteiger partial charge in [-0.3, -0.25) is 0 Å². The summed E-state index contributed by atoms with van der Waals surface area (Å²) in [5, 5.41) is 0. The SMILES string of the molecule is C1#Cc2cccc(c2)C#CCOCC#Cc2cccc(c2)C#CCOCC#Cc2cccc(c2)C#CCOCC#Cc2cccc(c2)C#CCOC1. The van der Waals surface area contributed by atoms with Gasteiger partial charge in [-0.15, -0.1) is 0 Å². The number of hydrogen-bond acceptors (Lipinski definition) is 4. The third-order valence-corrected chi connectivity index (χ3v) is 6.71. The Hall–Kier alpha value is -6.80. The van der Waals surface area contributed by atoms with E-state index in [-0.39, 0.29) is 52.9 Å². The lowest BCUT2D eigenvalue weighted by Crippen LogP contribution is -1.92. The zero-order chi connectivity index (χ0) is 35.7. The highest BCUT2D eigenvalue weighted by atomic mass is 16.5. The highest BCUT2D eigenvalue weighted by Crippen LogP contribution is 2.05. The molecule has 0 amide bonds. The zero-order valence-corrected chi connectivity index (χ0v) is 28.5. The van der Waals surface area contributed by atoms with Crippen LogP contribution in [0, 0.1) is 94.7 Å². The van der Waals surface area contributed by atoms with Crippen LogP contribution in [-0.4, -0.2) is 52.9 Å². The molecule has 0 radical (unpaired) electrons. The lowest BCUT2D eigenvalue weighted by Gasteiger charge is -1.95. The smallest absolute Gasteiger partial charge is 0.109 e. The van der Waals surface area contributed by atoms with Crippen molar-refractivity contribution in [1.82, 2.24) is 0 Å². The van der Waals surface area contributed by atoms with Crippen molar-refractivity contribution in [1.29, 1.82) is 0 Å². The summed E-state index contributed by atoms with van der Waals surface area (Å²) in [5.41, 5.74) is 6.84. The van der Waals surface area contributed by atoms with Gasteiger partial charge in [0.05, 0.1) is 0 Å². The van der Waals surface area contributed by atoms with E-state index in [1.807, 2.05) is 97.1 Å². The van der Waals surface area contributed by atoms with Crippen molar-refractivity contribution >= 4 is 0 Å². The molecule has 4 heteroatoms. The summed E-state index contributed by atoms with van der Waals surface area (Å²) in [6.45, 7) is 2.14. The van der Waals surface area contributed by atoms with Crippen LogP contribution in [0.15, 0.2) is 97.1 Å². The van der Waals surface area contributed by atoms with E-state index in [9.17, 15) is 0 Å². The van der Waals surface area contributed by atoms with Gasteiger partial charge in [-0.1, -0.05) is 119 Å². The minimum absolute atomic E-state index is 0.267. The van der Waals surface area contributed by atoms with Gasteiger partial charge in [0.15, 0.2) is 0 Å². The van der Waals surface area contributed by atoms with E-state index in [1.165, 1.54) is 0 Å². The van der Waals surface area contributed by atoms with Crippen molar-refractivity contribution < 1.29 is 18.9 Å². The van der Waals surface area contributed by atoms with Crippen LogP contribution in [0.25, 0.3) is 0 Å².